The van der Waals surface area contributed by atoms with Gasteiger partial charge in [0.05, 0.1) is 4.90 Å². The number of imide groups is 1. The molecule has 0 unspecified atom stereocenters. The van der Waals surface area contributed by atoms with Crippen molar-refractivity contribution in [3.63, 3.8) is 0 Å². The molecule has 29 heavy (non-hydrogen) atoms. The van der Waals surface area contributed by atoms with Crippen molar-refractivity contribution < 1.29 is 22.8 Å². The average molecular weight is 423 g/mol. The van der Waals surface area contributed by atoms with E-state index in [1.54, 1.807) is 18.2 Å². The number of hydrogen-bond donors (Lipinski definition) is 1. The molecular formula is C19H26N4O5S. The molecule has 0 spiro atoms. The van der Waals surface area contributed by atoms with Crippen LogP contribution in [-0.4, -0.2) is 79.1 Å². The number of urea groups is 1. The lowest BCUT2D eigenvalue weighted by Crippen LogP contribution is -2.53. The first-order chi connectivity index (χ1) is 13.7. The standard InChI is InChI=1S/C19H26N4O5S/c1-14(2)12-16-18(25)23(19(26)20-16)13-17(24)21-8-10-22(11-9-21)29(27,28)15-6-4-3-5-7-15/h3-7,14,16H,8-13H2,1-2H3,(H,20,26)/t16-/m0/s1. The van der Waals surface area contributed by atoms with Crippen LogP contribution >= 0.6 is 0 Å². The van der Waals surface area contributed by atoms with Gasteiger partial charge in [-0.25, -0.2) is 13.2 Å². The molecule has 0 aliphatic carbocycles. The number of piperazine rings is 1. The number of benzene rings is 1. The molecule has 2 aliphatic rings. The van der Waals surface area contributed by atoms with Gasteiger partial charge in [-0.3, -0.25) is 14.5 Å². The lowest BCUT2D eigenvalue weighted by Gasteiger charge is -2.34. The normalized spacial score (nSPS) is 21.0. The zero-order valence-corrected chi connectivity index (χ0v) is 17.4. The third-order valence-corrected chi connectivity index (χ3v) is 6.99. The molecule has 2 fully saturated rings. The number of sulfonamides is 1. The maximum atomic E-state index is 12.7. The van der Waals surface area contributed by atoms with Gasteiger partial charge in [0.2, 0.25) is 15.9 Å². The number of hydrogen-bond acceptors (Lipinski definition) is 5. The van der Waals surface area contributed by atoms with Crippen LogP contribution in [0.3, 0.4) is 0 Å². The van der Waals surface area contributed by atoms with Crippen molar-refractivity contribution in [2.45, 2.75) is 31.2 Å². The summed E-state index contributed by atoms with van der Waals surface area (Å²) < 4.78 is 26.7. The zero-order valence-electron chi connectivity index (χ0n) is 16.6. The Labute approximate surface area is 170 Å². The van der Waals surface area contributed by atoms with E-state index in [4.69, 9.17) is 0 Å². The highest BCUT2D eigenvalue weighted by atomic mass is 32.2. The van der Waals surface area contributed by atoms with Gasteiger partial charge >= 0.3 is 6.03 Å². The lowest BCUT2D eigenvalue weighted by atomic mass is 10.0. The van der Waals surface area contributed by atoms with Crippen LogP contribution in [-0.2, 0) is 19.6 Å². The monoisotopic (exact) mass is 422 g/mol. The largest absolute Gasteiger partial charge is 0.338 e. The Balaban J connectivity index is 1.57. The molecule has 1 aromatic rings. The number of amides is 4. The Morgan fingerprint density at radius 2 is 1.72 bits per heavy atom. The molecule has 0 radical (unpaired) electrons. The number of rotatable bonds is 6. The van der Waals surface area contributed by atoms with E-state index in [1.807, 2.05) is 13.8 Å². The molecule has 2 saturated heterocycles. The second-order valence-electron chi connectivity index (χ2n) is 7.65. The van der Waals surface area contributed by atoms with E-state index in [2.05, 4.69) is 5.32 Å². The first-order valence-corrected chi connectivity index (χ1v) is 11.1. The number of nitrogens with one attached hydrogen (secondary N) is 1. The van der Waals surface area contributed by atoms with Gasteiger partial charge < -0.3 is 10.2 Å². The fourth-order valence-electron chi connectivity index (χ4n) is 3.51. The van der Waals surface area contributed by atoms with Crippen molar-refractivity contribution in [1.29, 1.82) is 0 Å². The first kappa shape index (κ1) is 21.3. The summed E-state index contributed by atoms with van der Waals surface area (Å²) in [5.74, 6) is -0.516. The summed E-state index contributed by atoms with van der Waals surface area (Å²) in [6, 6.07) is 7.00. The fourth-order valence-corrected chi connectivity index (χ4v) is 4.96. The Morgan fingerprint density at radius 1 is 1.10 bits per heavy atom. The SMILES string of the molecule is CC(C)C[C@@H]1NC(=O)N(CC(=O)N2CCN(S(=O)(=O)c3ccccc3)CC2)C1=O. The van der Waals surface area contributed by atoms with Crippen LogP contribution in [0.4, 0.5) is 4.79 Å². The van der Waals surface area contributed by atoms with Gasteiger partial charge in [0.1, 0.15) is 12.6 Å². The van der Waals surface area contributed by atoms with Crippen LogP contribution in [0.2, 0.25) is 0 Å². The van der Waals surface area contributed by atoms with Gasteiger partial charge in [0.15, 0.2) is 0 Å². The van der Waals surface area contributed by atoms with Crippen molar-refractivity contribution in [2.75, 3.05) is 32.7 Å². The molecular weight excluding hydrogens is 396 g/mol. The molecule has 1 aromatic carbocycles. The second-order valence-corrected chi connectivity index (χ2v) is 9.59. The summed E-state index contributed by atoms with van der Waals surface area (Å²) in [5.41, 5.74) is 0. The highest BCUT2D eigenvalue weighted by Gasteiger charge is 2.40. The number of nitrogens with zero attached hydrogens (tertiary/aromatic N) is 3. The summed E-state index contributed by atoms with van der Waals surface area (Å²) >= 11 is 0. The minimum Gasteiger partial charge on any atom is -0.338 e. The van der Waals surface area contributed by atoms with Gasteiger partial charge in [-0.15, -0.1) is 0 Å². The van der Waals surface area contributed by atoms with E-state index in [0.717, 1.165) is 4.90 Å². The number of carbonyl (C=O) groups excluding carboxylic acids is 3. The quantitative estimate of drug-likeness (QED) is 0.672. The molecule has 2 heterocycles. The van der Waals surface area contributed by atoms with E-state index in [9.17, 15) is 22.8 Å². The first-order valence-electron chi connectivity index (χ1n) is 9.65. The Morgan fingerprint density at radius 3 is 2.31 bits per heavy atom. The highest BCUT2D eigenvalue weighted by molar-refractivity contribution is 7.89. The summed E-state index contributed by atoms with van der Waals surface area (Å²) in [6.07, 6.45) is 0.519. The summed E-state index contributed by atoms with van der Waals surface area (Å²) in [6.45, 7) is 4.34. The third-order valence-electron chi connectivity index (χ3n) is 5.08. The van der Waals surface area contributed by atoms with Crippen molar-refractivity contribution in [3.05, 3.63) is 30.3 Å². The Kier molecular flexibility index (Phi) is 6.23. The molecule has 0 bridgehead atoms. The predicted molar refractivity (Wildman–Crippen MR) is 105 cm³/mol. The van der Waals surface area contributed by atoms with Gasteiger partial charge in [0.25, 0.3) is 5.91 Å². The van der Waals surface area contributed by atoms with Gasteiger partial charge in [-0.2, -0.15) is 4.31 Å². The second kappa shape index (κ2) is 8.50. The van der Waals surface area contributed by atoms with E-state index < -0.39 is 22.1 Å². The molecule has 3 rings (SSSR count). The van der Waals surface area contributed by atoms with Crippen LogP contribution in [0, 0.1) is 5.92 Å². The summed E-state index contributed by atoms with van der Waals surface area (Å²) in [4.78, 5) is 39.7. The topological polar surface area (TPSA) is 107 Å². The molecule has 1 atom stereocenters. The Hall–Kier alpha value is -2.46. The molecule has 9 nitrogen and oxygen atoms in total. The fraction of sp³-hybridized carbons (Fsp3) is 0.526. The smallest absolute Gasteiger partial charge is 0.325 e. The van der Waals surface area contributed by atoms with E-state index >= 15 is 0 Å². The van der Waals surface area contributed by atoms with Gasteiger partial charge in [-0.05, 0) is 24.5 Å². The molecule has 4 amide bonds. The van der Waals surface area contributed by atoms with Crippen LogP contribution in [0.5, 0.6) is 0 Å². The molecule has 2 aliphatic heterocycles. The minimum absolute atomic E-state index is 0.166. The Bertz CT molecular complexity index is 879. The summed E-state index contributed by atoms with van der Waals surface area (Å²) in [5, 5.41) is 2.62. The molecule has 1 N–H and O–H groups in total. The summed E-state index contributed by atoms with van der Waals surface area (Å²) in [7, 11) is -3.60. The van der Waals surface area contributed by atoms with Gasteiger partial charge in [-0.1, -0.05) is 32.0 Å². The average Bonchev–Trinajstić information content (AvgIpc) is 2.95. The molecule has 10 heteroatoms. The predicted octanol–water partition coefficient (Wildman–Crippen LogP) is 0.486. The third kappa shape index (κ3) is 4.59. The van der Waals surface area contributed by atoms with Crippen LogP contribution in [0.25, 0.3) is 0 Å². The van der Waals surface area contributed by atoms with E-state index in [0.29, 0.717) is 6.42 Å². The molecule has 0 aromatic heterocycles. The van der Waals surface area contributed by atoms with Crippen LogP contribution in [0.1, 0.15) is 20.3 Å². The number of carbonyl (C=O) groups is 3. The molecule has 158 valence electrons. The van der Waals surface area contributed by atoms with Crippen LogP contribution in [0.15, 0.2) is 35.2 Å². The minimum atomic E-state index is -3.60. The van der Waals surface area contributed by atoms with Crippen molar-refractivity contribution in [2.24, 2.45) is 5.92 Å². The van der Waals surface area contributed by atoms with Crippen molar-refractivity contribution >= 4 is 27.9 Å². The maximum Gasteiger partial charge on any atom is 0.325 e. The van der Waals surface area contributed by atoms with E-state index in [-0.39, 0.29) is 55.4 Å². The lowest BCUT2D eigenvalue weighted by molar-refractivity contribution is -0.138. The van der Waals surface area contributed by atoms with E-state index in [1.165, 1.54) is 21.3 Å². The van der Waals surface area contributed by atoms with Gasteiger partial charge in [0, 0.05) is 26.2 Å². The molecule has 0 saturated carbocycles. The van der Waals surface area contributed by atoms with Crippen LogP contribution < -0.4 is 5.32 Å². The maximum absolute atomic E-state index is 12.7. The zero-order chi connectivity index (χ0) is 21.2. The highest BCUT2D eigenvalue weighted by Crippen LogP contribution is 2.18. The van der Waals surface area contributed by atoms with Crippen molar-refractivity contribution in [3.8, 4) is 0 Å². The van der Waals surface area contributed by atoms with Crippen molar-refractivity contribution in [1.82, 2.24) is 19.4 Å².